The number of nitrogens with one attached hydrogen (secondary N) is 1. The van der Waals surface area contributed by atoms with E-state index in [1.165, 1.54) is 25.7 Å². The minimum atomic E-state index is -4.00. The van der Waals surface area contributed by atoms with E-state index in [1.54, 1.807) is 19.1 Å². The minimum absolute atomic E-state index is 0.0679. The van der Waals surface area contributed by atoms with Gasteiger partial charge in [-0.3, -0.25) is 19.2 Å². The zero-order valence-electron chi connectivity index (χ0n) is 19.6. The summed E-state index contributed by atoms with van der Waals surface area (Å²) in [5.41, 5.74) is 1.22. The van der Waals surface area contributed by atoms with E-state index in [4.69, 9.17) is 4.74 Å². The van der Waals surface area contributed by atoms with E-state index in [2.05, 4.69) is 10.2 Å². The Morgan fingerprint density at radius 3 is 2.35 bits per heavy atom. The fourth-order valence-corrected chi connectivity index (χ4v) is 5.34. The smallest absolute Gasteiger partial charge is 0.271 e. The summed E-state index contributed by atoms with van der Waals surface area (Å²) in [5, 5.41) is 14.1. The summed E-state index contributed by atoms with van der Waals surface area (Å²) >= 11 is 0. The number of benzene rings is 2. The molecule has 0 unspecified atom stereocenters. The van der Waals surface area contributed by atoms with Crippen LogP contribution in [0.3, 0.4) is 0 Å². The SMILES string of the molecule is CC[C@@H](C(=O)Nc1ccc(N2CCCCC2)cc1)N(c1cc([N+](=O)[O-])ccc1OC)S(C)(=O)=O. The zero-order chi connectivity index (χ0) is 24.9. The van der Waals surface area contributed by atoms with Crippen LogP contribution in [0.2, 0.25) is 0 Å². The van der Waals surface area contributed by atoms with Gasteiger partial charge in [-0.2, -0.15) is 0 Å². The maximum Gasteiger partial charge on any atom is 0.271 e. The molecule has 11 heteroatoms. The van der Waals surface area contributed by atoms with Crippen LogP contribution < -0.4 is 19.3 Å². The molecule has 1 aliphatic rings. The van der Waals surface area contributed by atoms with Crippen molar-refractivity contribution in [3.63, 3.8) is 0 Å². The summed E-state index contributed by atoms with van der Waals surface area (Å²) in [6, 6.07) is 9.92. The highest BCUT2D eigenvalue weighted by atomic mass is 32.2. The van der Waals surface area contributed by atoms with Gasteiger partial charge < -0.3 is 15.0 Å². The van der Waals surface area contributed by atoms with Crippen LogP contribution in [-0.2, 0) is 14.8 Å². The van der Waals surface area contributed by atoms with Gasteiger partial charge in [0.05, 0.1) is 18.3 Å². The molecule has 10 nitrogen and oxygen atoms in total. The molecule has 0 aliphatic carbocycles. The molecule has 2 aromatic rings. The topological polar surface area (TPSA) is 122 Å². The molecule has 0 radical (unpaired) electrons. The maximum absolute atomic E-state index is 13.2. The summed E-state index contributed by atoms with van der Waals surface area (Å²) in [6.07, 6.45) is 4.62. The van der Waals surface area contributed by atoms with Crippen LogP contribution in [0.4, 0.5) is 22.7 Å². The maximum atomic E-state index is 13.2. The van der Waals surface area contributed by atoms with Gasteiger partial charge in [-0.25, -0.2) is 8.42 Å². The van der Waals surface area contributed by atoms with Gasteiger partial charge in [-0.15, -0.1) is 0 Å². The van der Waals surface area contributed by atoms with Crippen molar-refractivity contribution < 1.29 is 22.9 Å². The standard InChI is InChI=1S/C23H30N4O6S/c1-4-20(23(28)24-17-8-10-18(11-9-17)25-14-6-5-7-15-25)26(34(3,31)32)21-16-19(27(29)30)12-13-22(21)33-2/h8-13,16,20H,4-7,14-15H2,1-3H3,(H,24,28)/t20-/m0/s1. The number of amides is 1. The first-order valence-corrected chi connectivity index (χ1v) is 13.0. The van der Waals surface area contributed by atoms with Crippen molar-refractivity contribution in [1.82, 2.24) is 0 Å². The van der Waals surface area contributed by atoms with Crippen molar-refractivity contribution in [2.24, 2.45) is 0 Å². The van der Waals surface area contributed by atoms with E-state index in [-0.39, 0.29) is 23.5 Å². The average Bonchev–Trinajstić information content (AvgIpc) is 2.82. The number of carbonyl (C=O) groups excluding carboxylic acids is 1. The van der Waals surface area contributed by atoms with Gasteiger partial charge in [0.1, 0.15) is 17.5 Å². The molecule has 0 aromatic heterocycles. The van der Waals surface area contributed by atoms with E-state index < -0.39 is 26.9 Å². The Morgan fingerprint density at radius 1 is 1.18 bits per heavy atom. The number of nitro benzene ring substituents is 1. The number of anilines is 3. The Bertz CT molecular complexity index is 1130. The largest absolute Gasteiger partial charge is 0.495 e. The quantitative estimate of drug-likeness (QED) is 0.419. The van der Waals surface area contributed by atoms with Crippen molar-refractivity contribution in [1.29, 1.82) is 0 Å². The molecule has 0 spiro atoms. The Labute approximate surface area is 199 Å². The predicted octanol–water partition coefficient (Wildman–Crippen LogP) is 3.78. The first-order chi connectivity index (χ1) is 16.2. The Balaban J connectivity index is 1.89. The fourth-order valence-electron chi connectivity index (χ4n) is 4.13. The predicted molar refractivity (Wildman–Crippen MR) is 132 cm³/mol. The van der Waals surface area contributed by atoms with Crippen LogP contribution in [0.15, 0.2) is 42.5 Å². The van der Waals surface area contributed by atoms with Crippen molar-refractivity contribution in [3.8, 4) is 5.75 Å². The number of carbonyl (C=O) groups is 1. The lowest BCUT2D eigenvalue weighted by Gasteiger charge is -2.31. The van der Waals surface area contributed by atoms with E-state index in [9.17, 15) is 23.3 Å². The van der Waals surface area contributed by atoms with Gasteiger partial charge in [0.25, 0.3) is 5.69 Å². The second kappa shape index (κ2) is 10.7. The van der Waals surface area contributed by atoms with E-state index >= 15 is 0 Å². The van der Waals surface area contributed by atoms with Crippen LogP contribution in [0.5, 0.6) is 5.75 Å². The number of hydrogen-bond acceptors (Lipinski definition) is 7. The summed E-state index contributed by atoms with van der Waals surface area (Å²) in [6.45, 7) is 3.67. The number of sulfonamides is 1. The van der Waals surface area contributed by atoms with Gasteiger partial charge in [-0.1, -0.05) is 6.92 Å². The van der Waals surface area contributed by atoms with Crippen molar-refractivity contribution in [2.45, 2.75) is 38.6 Å². The molecule has 1 atom stereocenters. The van der Waals surface area contributed by atoms with Crippen LogP contribution in [0.25, 0.3) is 0 Å². The Kier molecular flexibility index (Phi) is 7.98. The van der Waals surface area contributed by atoms with Gasteiger partial charge in [0.15, 0.2) is 0 Å². The molecule has 0 saturated carbocycles. The molecule has 1 heterocycles. The third-order valence-corrected chi connectivity index (χ3v) is 6.96. The number of nitrogens with zero attached hydrogens (tertiary/aromatic N) is 3. The van der Waals surface area contributed by atoms with Crippen LogP contribution in [0, 0.1) is 10.1 Å². The minimum Gasteiger partial charge on any atom is -0.495 e. The highest BCUT2D eigenvalue weighted by Crippen LogP contribution is 2.36. The third-order valence-electron chi connectivity index (χ3n) is 5.80. The highest BCUT2D eigenvalue weighted by Gasteiger charge is 2.34. The van der Waals surface area contributed by atoms with Gasteiger partial charge in [0.2, 0.25) is 15.9 Å². The number of non-ortho nitro benzene ring substituents is 1. The molecule has 34 heavy (non-hydrogen) atoms. The first-order valence-electron chi connectivity index (χ1n) is 11.1. The molecule has 1 aliphatic heterocycles. The number of piperidine rings is 1. The zero-order valence-corrected chi connectivity index (χ0v) is 20.4. The third kappa shape index (κ3) is 5.77. The lowest BCUT2D eigenvalue weighted by atomic mass is 10.1. The van der Waals surface area contributed by atoms with E-state index in [1.807, 2.05) is 12.1 Å². The second-order valence-electron chi connectivity index (χ2n) is 8.18. The summed E-state index contributed by atoms with van der Waals surface area (Å²) in [4.78, 5) is 26.2. The van der Waals surface area contributed by atoms with Crippen LogP contribution in [-0.4, -0.2) is 51.7 Å². The number of methoxy groups -OCH3 is 1. The normalized spacial score (nSPS) is 14.9. The average molecular weight is 491 g/mol. The highest BCUT2D eigenvalue weighted by molar-refractivity contribution is 7.92. The molecule has 2 aromatic carbocycles. The number of nitro groups is 1. The first kappa shape index (κ1) is 25.3. The van der Waals surface area contributed by atoms with Gasteiger partial charge >= 0.3 is 0 Å². The number of hydrogen-bond donors (Lipinski definition) is 1. The Morgan fingerprint density at radius 2 is 1.82 bits per heavy atom. The molecular formula is C23H30N4O6S. The van der Waals surface area contributed by atoms with Gasteiger partial charge in [0, 0.05) is 36.6 Å². The van der Waals surface area contributed by atoms with Crippen LogP contribution in [0.1, 0.15) is 32.6 Å². The van der Waals surface area contributed by atoms with Crippen LogP contribution >= 0.6 is 0 Å². The van der Waals surface area contributed by atoms with Gasteiger partial charge in [-0.05, 0) is 56.0 Å². The lowest BCUT2D eigenvalue weighted by Crippen LogP contribution is -2.47. The number of rotatable bonds is 9. The molecular weight excluding hydrogens is 460 g/mol. The fraction of sp³-hybridized carbons (Fsp3) is 0.435. The number of ether oxygens (including phenoxy) is 1. The molecule has 1 saturated heterocycles. The van der Waals surface area contributed by atoms with Crippen molar-refractivity contribution >= 4 is 38.7 Å². The van der Waals surface area contributed by atoms with E-state index in [0.717, 1.165) is 48.2 Å². The van der Waals surface area contributed by atoms with E-state index in [0.29, 0.717) is 5.69 Å². The molecule has 1 N–H and O–H groups in total. The summed E-state index contributed by atoms with van der Waals surface area (Å²) in [7, 11) is -2.67. The van der Waals surface area contributed by atoms with Crippen molar-refractivity contribution in [3.05, 3.63) is 52.6 Å². The second-order valence-corrected chi connectivity index (χ2v) is 10.0. The lowest BCUT2D eigenvalue weighted by molar-refractivity contribution is -0.384. The molecule has 3 rings (SSSR count). The van der Waals surface area contributed by atoms with Crippen molar-refractivity contribution in [2.75, 3.05) is 41.0 Å². The monoisotopic (exact) mass is 490 g/mol. The molecule has 0 bridgehead atoms. The summed E-state index contributed by atoms with van der Waals surface area (Å²) < 4.78 is 31.7. The molecule has 1 fully saturated rings. The Hall–Kier alpha value is -3.34. The molecule has 184 valence electrons. The molecule has 1 amide bonds. The summed E-state index contributed by atoms with van der Waals surface area (Å²) in [5.74, 6) is -0.444.